The Balaban J connectivity index is 2.30. The summed E-state index contributed by atoms with van der Waals surface area (Å²) in [6.07, 6.45) is 0.864. The number of aromatic nitrogens is 2. The van der Waals surface area contributed by atoms with E-state index in [1.807, 2.05) is 13.0 Å². The molecule has 0 radical (unpaired) electrons. The van der Waals surface area contributed by atoms with Crippen molar-refractivity contribution in [3.05, 3.63) is 42.9 Å². The molecule has 0 bridgehead atoms. The van der Waals surface area contributed by atoms with Crippen molar-refractivity contribution >= 4 is 39.0 Å². The van der Waals surface area contributed by atoms with Gasteiger partial charge in [-0.3, -0.25) is 4.79 Å². The third kappa shape index (κ3) is 3.94. The molecule has 108 valence electrons. The maximum Gasteiger partial charge on any atom is 0.251 e. The number of hydrogen-bond donors (Lipinski definition) is 2. The summed E-state index contributed by atoms with van der Waals surface area (Å²) >= 11 is 6.65. The van der Waals surface area contributed by atoms with E-state index in [0.717, 1.165) is 10.2 Å². The predicted octanol–water partition coefficient (Wildman–Crippen LogP) is 3.47. The predicted molar refractivity (Wildman–Crippen MR) is 88.5 cm³/mol. The van der Waals surface area contributed by atoms with Gasteiger partial charge in [0.15, 0.2) is 5.16 Å². The standard InChI is InChI=1S/C13H16BrN3OS2/c1-3-8(15)12(9-4-5-10(14)19-9)20-13-16-7(2)6-11(18)17-13/h4-6,8,12H,3,15H2,1-2H3,(H,16,17,18). The van der Waals surface area contributed by atoms with Crippen molar-refractivity contribution < 1.29 is 0 Å². The molecule has 0 amide bonds. The number of thioether (sulfide) groups is 1. The van der Waals surface area contributed by atoms with Crippen LogP contribution in [0.4, 0.5) is 0 Å². The summed E-state index contributed by atoms with van der Waals surface area (Å²) in [6, 6.07) is 5.58. The van der Waals surface area contributed by atoms with Gasteiger partial charge in [-0.15, -0.1) is 11.3 Å². The van der Waals surface area contributed by atoms with E-state index in [2.05, 4.69) is 38.9 Å². The minimum atomic E-state index is -0.129. The number of nitrogens with zero attached hydrogens (tertiary/aromatic N) is 1. The molecule has 2 aromatic heterocycles. The van der Waals surface area contributed by atoms with Crippen molar-refractivity contribution in [1.82, 2.24) is 9.97 Å². The third-order valence-electron chi connectivity index (χ3n) is 2.82. The van der Waals surface area contributed by atoms with Gasteiger partial charge in [0, 0.05) is 22.7 Å². The van der Waals surface area contributed by atoms with E-state index < -0.39 is 0 Å². The summed E-state index contributed by atoms with van der Waals surface area (Å²) in [5.74, 6) is 0. The smallest absolute Gasteiger partial charge is 0.251 e. The Hall–Kier alpha value is -0.630. The van der Waals surface area contributed by atoms with E-state index >= 15 is 0 Å². The van der Waals surface area contributed by atoms with Crippen molar-refractivity contribution in [2.45, 2.75) is 36.7 Å². The summed E-state index contributed by atoms with van der Waals surface area (Å²) in [4.78, 5) is 19.8. The molecule has 0 saturated heterocycles. The van der Waals surface area contributed by atoms with E-state index in [-0.39, 0.29) is 16.9 Å². The highest BCUT2D eigenvalue weighted by Crippen LogP contribution is 2.40. The van der Waals surface area contributed by atoms with Crippen LogP contribution in [0, 0.1) is 6.92 Å². The number of thiophene rings is 1. The highest BCUT2D eigenvalue weighted by Gasteiger charge is 2.22. The fourth-order valence-electron chi connectivity index (χ4n) is 1.78. The van der Waals surface area contributed by atoms with E-state index in [9.17, 15) is 4.79 Å². The highest BCUT2D eigenvalue weighted by molar-refractivity contribution is 9.11. The van der Waals surface area contributed by atoms with Gasteiger partial charge in [0.25, 0.3) is 5.56 Å². The molecular formula is C13H16BrN3OS2. The maximum absolute atomic E-state index is 11.5. The van der Waals surface area contributed by atoms with Gasteiger partial charge in [-0.2, -0.15) is 0 Å². The van der Waals surface area contributed by atoms with Crippen molar-refractivity contribution in [2.24, 2.45) is 5.73 Å². The van der Waals surface area contributed by atoms with Gasteiger partial charge in [-0.25, -0.2) is 4.98 Å². The minimum absolute atomic E-state index is 0.0105. The molecule has 0 saturated carbocycles. The Bertz CT molecular complexity index is 641. The largest absolute Gasteiger partial charge is 0.326 e. The van der Waals surface area contributed by atoms with Crippen LogP contribution >= 0.6 is 39.0 Å². The van der Waals surface area contributed by atoms with Gasteiger partial charge < -0.3 is 10.7 Å². The second-order valence-electron chi connectivity index (χ2n) is 4.44. The molecule has 2 rings (SSSR count). The maximum atomic E-state index is 11.5. The van der Waals surface area contributed by atoms with E-state index in [0.29, 0.717) is 10.9 Å². The average Bonchev–Trinajstić information content (AvgIpc) is 2.80. The van der Waals surface area contributed by atoms with Crippen molar-refractivity contribution in [3.8, 4) is 0 Å². The molecule has 0 aliphatic rings. The second kappa shape index (κ2) is 6.89. The average molecular weight is 374 g/mol. The van der Waals surface area contributed by atoms with Gasteiger partial charge in [0.05, 0.1) is 9.04 Å². The van der Waals surface area contributed by atoms with Gasteiger partial charge in [-0.05, 0) is 41.4 Å². The number of aromatic amines is 1. The first-order chi connectivity index (χ1) is 9.49. The molecule has 4 nitrogen and oxygen atoms in total. The zero-order valence-electron chi connectivity index (χ0n) is 11.2. The topological polar surface area (TPSA) is 71.8 Å². The number of rotatable bonds is 5. The van der Waals surface area contributed by atoms with Crippen LogP contribution in [0.15, 0.2) is 31.9 Å². The molecule has 2 heterocycles. The molecule has 3 N–H and O–H groups in total. The van der Waals surface area contributed by atoms with Crippen molar-refractivity contribution in [2.75, 3.05) is 0 Å². The minimum Gasteiger partial charge on any atom is -0.326 e. The lowest BCUT2D eigenvalue weighted by atomic mass is 10.1. The second-order valence-corrected chi connectivity index (χ2v) is 8.07. The molecule has 2 aromatic rings. The Labute approximate surface area is 134 Å². The SMILES string of the molecule is CCC(N)C(Sc1nc(C)cc(=O)[nH]1)c1ccc(Br)s1. The lowest BCUT2D eigenvalue weighted by molar-refractivity contribution is 0.638. The number of nitrogens with two attached hydrogens (primary N) is 1. The van der Waals surface area contributed by atoms with Gasteiger partial charge in [-0.1, -0.05) is 18.7 Å². The number of aryl methyl sites for hydroxylation is 1. The summed E-state index contributed by atoms with van der Waals surface area (Å²) < 4.78 is 1.08. The summed E-state index contributed by atoms with van der Waals surface area (Å²) in [6.45, 7) is 3.88. The molecule has 0 fully saturated rings. The first kappa shape index (κ1) is 15.8. The third-order valence-corrected chi connectivity index (χ3v) is 5.95. The quantitative estimate of drug-likeness (QED) is 0.621. The van der Waals surface area contributed by atoms with E-state index in [4.69, 9.17) is 5.73 Å². The molecule has 7 heteroatoms. The Morgan fingerprint density at radius 3 is 2.85 bits per heavy atom. The van der Waals surface area contributed by atoms with Gasteiger partial charge in [0.2, 0.25) is 0 Å². The molecule has 20 heavy (non-hydrogen) atoms. The van der Waals surface area contributed by atoms with Crippen molar-refractivity contribution in [1.29, 1.82) is 0 Å². The lowest BCUT2D eigenvalue weighted by Crippen LogP contribution is -2.25. The number of nitrogens with one attached hydrogen (secondary N) is 1. The van der Waals surface area contributed by atoms with E-state index in [1.165, 1.54) is 22.7 Å². The normalized spacial score (nSPS) is 14.2. The Kier molecular flexibility index (Phi) is 5.42. The van der Waals surface area contributed by atoms with Gasteiger partial charge >= 0.3 is 0 Å². The van der Waals surface area contributed by atoms with Crippen LogP contribution in [0.5, 0.6) is 0 Å². The number of hydrogen-bond acceptors (Lipinski definition) is 5. The lowest BCUT2D eigenvalue weighted by Gasteiger charge is -2.20. The van der Waals surface area contributed by atoms with Crippen LogP contribution in [0.2, 0.25) is 0 Å². The molecule has 0 aromatic carbocycles. The molecule has 0 aliphatic heterocycles. The first-order valence-electron chi connectivity index (χ1n) is 6.25. The Morgan fingerprint density at radius 1 is 1.55 bits per heavy atom. The zero-order valence-corrected chi connectivity index (χ0v) is 14.4. The van der Waals surface area contributed by atoms with Crippen molar-refractivity contribution in [3.63, 3.8) is 0 Å². The zero-order chi connectivity index (χ0) is 14.7. The first-order valence-corrected chi connectivity index (χ1v) is 8.74. The molecule has 2 atom stereocenters. The summed E-state index contributed by atoms with van der Waals surface area (Å²) in [5.41, 5.74) is 6.82. The van der Waals surface area contributed by atoms with Crippen LogP contribution in [0.1, 0.15) is 29.2 Å². The number of H-pyrrole nitrogens is 1. The fraction of sp³-hybridized carbons (Fsp3) is 0.385. The van der Waals surface area contributed by atoms with Crippen LogP contribution in [0.25, 0.3) is 0 Å². The number of halogens is 1. The molecule has 0 aliphatic carbocycles. The summed E-state index contributed by atoms with van der Waals surface area (Å²) in [7, 11) is 0. The molecular weight excluding hydrogens is 358 g/mol. The van der Waals surface area contributed by atoms with E-state index in [1.54, 1.807) is 11.3 Å². The molecule has 2 unspecified atom stereocenters. The Morgan fingerprint density at radius 2 is 2.30 bits per heavy atom. The molecule has 0 spiro atoms. The van der Waals surface area contributed by atoms with Crippen LogP contribution in [-0.2, 0) is 0 Å². The summed E-state index contributed by atoms with van der Waals surface area (Å²) in [5, 5.41) is 0.703. The van der Waals surface area contributed by atoms with Crippen LogP contribution in [-0.4, -0.2) is 16.0 Å². The van der Waals surface area contributed by atoms with Gasteiger partial charge in [0.1, 0.15) is 0 Å². The van der Waals surface area contributed by atoms with Crippen LogP contribution < -0.4 is 11.3 Å². The highest BCUT2D eigenvalue weighted by atomic mass is 79.9. The van der Waals surface area contributed by atoms with Crippen LogP contribution in [0.3, 0.4) is 0 Å². The monoisotopic (exact) mass is 373 g/mol. The fourth-order valence-corrected chi connectivity index (χ4v) is 4.71.